The van der Waals surface area contributed by atoms with Crippen LogP contribution in [0.5, 0.6) is 0 Å². The quantitative estimate of drug-likeness (QED) is 0.708. The number of aromatic carboxylic acids is 1. The Morgan fingerprint density at radius 1 is 1.16 bits per heavy atom. The number of nitrogens with zero attached hydrogens (tertiary/aromatic N) is 2. The predicted molar refractivity (Wildman–Crippen MR) is 114 cm³/mol. The Morgan fingerprint density at radius 2 is 1.90 bits per heavy atom. The first-order valence-electron chi connectivity index (χ1n) is 9.81. The molecule has 1 aromatic carbocycles. The lowest BCUT2D eigenvalue weighted by atomic mass is 10.0. The summed E-state index contributed by atoms with van der Waals surface area (Å²) < 4.78 is 5.80. The highest BCUT2D eigenvalue weighted by molar-refractivity contribution is 8.18. The van der Waals surface area contributed by atoms with Crippen molar-refractivity contribution in [1.82, 2.24) is 9.80 Å². The highest BCUT2D eigenvalue weighted by Crippen LogP contribution is 2.34. The van der Waals surface area contributed by atoms with E-state index in [0.29, 0.717) is 24.6 Å². The second kappa shape index (κ2) is 8.43. The first-order chi connectivity index (χ1) is 14.8. The molecule has 0 aliphatic carbocycles. The van der Waals surface area contributed by atoms with Crippen molar-refractivity contribution in [2.45, 2.75) is 19.8 Å². The summed E-state index contributed by atoms with van der Waals surface area (Å²) in [7, 11) is 0. The second-order valence-corrected chi connectivity index (χ2v) is 8.39. The lowest BCUT2D eigenvalue weighted by molar-refractivity contribution is -0.135. The van der Waals surface area contributed by atoms with Crippen molar-refractivity contribution in [3.8, 4) is 11.3 Å². The standard InChI is InChI=1S/C22H20N2O6S/c1-13-10-14(21(27)28)4-6-16(13)17-7-5-15(30-17)11-18-20(26)24(22(29)31-18)12-19(25)23-8-2-3-9-23/h4-7,10-11H,2-3,8-9,12H2,1H3,(H,27,28)/b18-11-. The van der Waals surface area contributed by atoms with Crippen LogP contribution in [-0.4, -0.2) is 57.6 Å². The molecule has 9 heteroatoms. The van der Waals surface area contributed by atoms with Crippen molar-refractivity contribution in [3.63, 3.8) is 0 Å². The number of likely N-dealkylation sites (tertiary alicyclic amines) is 1. The Hall–Kier alpha value is -3.33. The third kappa shape index (κ3) is 4.27. The number of amides is 3. The molecule has 0 atom stereocenters. The molecule has 31 heavy (non-hydrogen) atoms. The number of carbonyl (C=O) groups is 4. The van der Waals surface area contributed by atoms with E-state index in [2.05, 4.69) is 0 Å². The minimum Gasteiger partial charge on any atom is -0.478 e. The summed E-state index contributed by atoms with van der Waals surface area (Å²) in [5, 5.41) is 8.62. The number of benzene rings is 1. The van der Waals surface area contributed by atoms with E-state index >= 15 is 0 Å². The fraction of sp³-hybridized carbons (Fsp3) is 0.273. The maximum atomic E-state index is 12.7. The second-order valence-electron chi connectivity index (χ2n) is 7.39. The van der Waals surface area contributed by atoms with Gasteiger partial charge in [-0.25, -0.2) is 4.79 Å². The number of hydrogen-bond acceptors (Lipinski definition) is 6. The fourth-order valence-electron chi connectivity index (χ4n) is 3.62. The predicted octanol–water partition coefficient (Wildman–Crippen LogP) is 3.61. The van der Waals surface area contributed by atoms with Crippen LogP contribution in [0.1, 0.15) is 34.5 Å². The summed E-state index contributed by atoms with van der Waals surface area (Å²) >= 11 is 0.777. The summed E-state index contributed by atoms with van der Waals surface area (Å²) in [6.45, 7) is 2.85. The van der Waals surface area contributed by atoms with Gasteiger partial charge in [0.15, 0.2) is 0 Å². The van der Waals surface area contributed by atoms with E-state index in [9.17, 15) is 19.2 Å². The maximum absolute atomic E-state index is 12.7. The van der Waals surface area contributed by atoms with Crippen molar-refractivity contribution in [3.05, 3.63) is 52.1 Å². The summed E-state index contributed by atoms with van der Waals surface area (Å²) in [6, 6.07) is 8.11. The number of thioether (sulfide) groups is 1. The first-order valence-corrected chi connectivity index (χ1v) is 10.6. The Kier molecular flexibility index (Phi) is 5.69. The molecule has 2 aliphatic heterocycles. The third-order valence-electron chi connectivity index (χ3n) is 5.26. The summed E-state index contributed by atoms with van der Waals surface area (Å²) in [5.74, 6) is -0.838. The van der Waals surface area contributed by atoms with Gasteiger partial charge in [0.1, 0.15) is 18.1 Å². The molecule has 0 radical (unpaired) electrons. The normalized spacial score (nSPS) is 17.8. The molecule has 0 saturated carbocycles. The molecule has 0 spiro atoms. The molecule has 2 saturated heterocycles. The molecule has 1 N–H and O–H groups in total. The van der Waals surface area contributed by atoms with Gasteiger partial charge in [-0.1, -0.05) is 6.07 Å². The van der Waals surface area contributed by atoms with E-state index in [1.54, 1.807) is 36.1 Å². The topological polar surface area (TPSA) is 108 Å². The van der Waals surface area contributed by atoms with Gasteiger partial charge in [0.2, 0.25) is 5.91 Å². The highest BCUT2D eigenvalue weighted by Gasteiger charge is 2.37. The fourth-order valence-corrected chi connectivity index (χ4v) is 4.43. The molecule has 0 bridgehead atoms. The Labute approximate surface area is 182 Å². The van der Waals surface area contributed by atoms with Crippen molar-refractivity contribution in [2.75, 3.05) is 19.6 Å². The molecule has 3 amide bonds. The van der Waals surface area contributed by atoms with E-state index in [4.69, 9.17) is 9.52 Å². The Bertz CT molecular complexity index is 1110. The molecule has 2 aromatic rings. The number of aryl methyl sites for hydroxylation is 1. The molecule has 8 nitrogen and oxygen atoms in total. The van der Waals surface area contributed by atoms with E-state index in [1.807, 2.05) is 0 Å². The van der Waals surface area contributed by atoms with Gasteiger partial charge in [0, 0.05) is 24.7 Å². The number of carboxylic acid groups (broad SMARTS) is 1. The average Bonchev–Trinajstić information content (AvgIpc) is 3.47. The number of imide groups is 1. The minimum absolute atomic E-state index is 0.185. The molecule has 160 valence electrons. The minimum atomic E-state index is -1.01. The monoisotopic (exact) mass is 440 g/mol. The summed E-state index contributed by atoms with van der Waals surface area (Å²) in [6.07, 6.45) is 3.36. The molecule has 4 rings (SSSR count). The van der Waals surface area contributed by atoms with Crippen LogP contribution in [0.25, 0.3) is 17.4 Å². The van der Waals surface area contributed by atoms with Gasteiger partial charge in [-0.05, 0) is 61.4 Å². The smallest absolute Gasteiger partial charge is 0.335 e. The third-order valence-corrected chi connectivity index (χ3v) is 6.17. The average molecular weight is 440 g/mol. The molecule has 2 aliphatic rings. The molecule has 0 unspecified atom stereocenters. The van der Waals surface area contributed by atoms with Gasteiger partial charge in [0.25, 0.3) is 11.1 Å². The van der Waals surface area contributed by atoms with Gasteiger partial charge in [-0.2, -0.15) is 0 Å². The lowest BCUT2D eigenvalue weighted by Gasteiger charge is -2.18. The summed E-state index contributed by atoms with van der Waals surface area (Å²) in [5.41, 5.74) is 1.65. The van der Waals surface area contributed by atoms with Crippen molar-refractivity contribution in [1.29, 1.82) is 0 Å². The van der Waals surface area contributed by atoms with Crippen LogP contribution in [0.15, 0.2) is 39.7 Å². The highest BCUT2D eigenvalue weighted by atomic mass is 32.2. The maximum Gasteiger partial charge on any atom is 0.335 e. The van der Waals surface area contributed by atoms with Gasteiger partial charge >= 0.3 is 5.97 Å². The van der Waals surface area contributed by atoms with Crippen molar-refractivity contribution < 1.29 is 28.7 Å². The first kappa shape index (κ1) is 20.9. The molecular formula is C22H20N2O6S. The van der Waals surface area contributed by atoms with Crippen LogP contribution >= 0.6 is 11.8 Å². The summed E-state index contributed by atoms with van der Waals surface area (Å²) in [4.78, 5) is 51.2. The number of carbonyl (C=O) groups excluding carboxylic acids is 3. The van der Waals surface area contributed by atoms with Crippen LogP contribution in [0.4, 0.5) is 4.79 Å². The van der Waals surface area contributed by atoms with E-state index in [-0.39, 0.29) is 22.9 Å². The zero-order valence-electron chi connectivity index (χ0n) is 16.8. The molecule has 2 fully saturated rings. The largest absolute Gasteiger partial charge is 0.478 e. The van der Waals surface area contributed by atoms with Crippen LogP contribution in [-0.2, 0) is 9.59 Å². The molecule has 3 heterocycles. The number of rotatable bonds is 5. The van der Waals surface area contributed by atoms with Crippen LogP contribution in [0.3, 0.4) is 0 Å². The van der Waals surface area contributed by atoms with Crippen LogP contribution in [0, 0.1) is 6.92 Å². The van der Waals surface area contributed by atoms with Crippen LogP contribution in [0.2, 0.25) is 0 Å². The molecule has 1 aromatic heterocycles. The van der Waals surface area contributed by atoms with Gasteiger partial charge in [-0.3, -0.25) is 19.3 Å². The molecular weight excluding hydrogens is 420 g/mol. The lowest BCUT2D eigenvalue weighted by Crippen LogP contribution is -2.40. The van der Waals surface area contributed by atoms with E-state index < -0.39 is 17.1 Å². The van der Waals surface area contributed by atoms with Gasteiger partial charge < -0.3 is 14.4 Å². The SMILES string of the molecule is Cc1cc(C(=O)O)ccc1-c1ccc(/C=C2\SC(=O)N(CC(=O)N3CCCC3)C2=O)o1. The zero-order chi connectivity index (χ0) is 22.1. The van der Waals surface area contributed by atoms with Gasteiger partial charge in [0.05, 0.1) is 10.5 Å². The number of hydrogen-bond donors (Lipinski definition) is 1. The van der Waals surface area contributed by atoms with Gasteiger partial charge in [-0.15, -0.1) is 0 Å². The van der Waals surface area contributed by atoms with E-state index in [1.165, 1.54) is 12.1 Å². The van der Waals surface area contributed by atoms with Crippen molar-refractivity contribution in [2.24, 2.45) is 0 Å². The van der Waals surface area contributed by atoms with E-state index in [0.717, 1.165) is 40.6 Å². The Balaban J connectivity index is 1.50. The number of carboxylic acids is 1. The van der Waals surface area contributed by atoms with Crippen molar-refractivity contribution >= 4 is 40.9 Å². The Morgan fingerprint density at radius 3 is 2.58 bits per heavy atom. The zero-order valence-corrected chi connectivity index (χ0v) is 17.6. The van der Waals surface area contributed by atoms with Crippen LogP contribution < -0.4 is 0 Å². The number of furan rings is 1.